The molecule has 1 heterocycles. The Morgan fingerprint density at radius 1 is 1.38 bits per heavy atom. The topological polar surface area (TPSA) is 40.5 Å². The number of aryl methyl sites for hydroxylation is 2. The molecule has 26 heavy (non-hydrogen) atoms. The minimum Gasteiger partial charge on any atom is -0.357 e. The first-order valence-electron chi connectivity index (χ1n) is 9.65. The zero-order chi connectivity index (χ0) is 18.1. The van der Waals surface area contributed by atoms with E-state index in [4.69, 9.17) is 4.99 Å². The highest BCUT2D eigenvalue weighted by atomic mass is 32.1. The molecular formula is C21H28N4S. The second-order valence-electron chi connectivity index (χ2n) is 7.50. The van der Waals surface area contributed by atoms with E-state index in [0.717, 1.165) is 48.1 Å². The molecule has 0 saturated heterocycles. The molecule has 0 amide bonds. The molecule has 2 aliphatic carbocycles. The van der Waals surface area contributed by atoms with Crippen LogP contribution in [0.3, 0.4) is 0 Å². The smallest absolute Gasteiger partial charge is 0.194 e. The number of hydrogen-bond donors (Lipinski definition) is 1. The Morgan fingerprint density at radius 2 is 2.23 bits per heavy atom. The molecule has 1 fully saturated rings. The van der Waals surface area contributed by atoms with Crippen LogP contribution in [0.2, 0.25) is 0 Å². The molecule has 138 valence electrons. The minimum absolute atomic E-state index is 0.710. The molecule has 4 rings (SSSR count). The molecule has 1 N–H and O–H groups in total. The average molecular weight is 369 g/mol. The van der Waals surface area contributed by atoms with Gasteiger partial charge in [-0.2, -0.15) is 0 Å². The molecule has 0 bridgehead atoms. The summed E-state index contributed by atoms with van der Waals surface area (Å²) in [4.78, 5) is 11.8. The summed E-state index contributed by atoms with van der Waals surface area (Å²) in [6.45, 7) is 6.80. The molecule has 2 aliphatic rings. The van der Waals surface area contributed by atoms with Crippen LogP contribution in [0.1, 0.15) is 41.1 Å². The van der Waals surface area contributed by atoms with Gasteiger partial charge in [0.1, 0.15) is 0 Å². The standard InChI is InChI=1S/C21H28N4S/c1-4-22-21(25(3)12-16-13-26-14(2)24-16)23-11-19-18-10-9-15-7-5-6-8-17(15)20(18)19/h5-8,13,18-20H,4,9-12H2,1-3H3,(H,22,23). The van der Waals surface area contributed by atoms with Crippen molar-refractivity contribution in [3.8, 4) is 0 Å². The van der Waals surface area contributed by atoms with E-state index in [2.05, 4.69) is 65.7 Å². The first-order chi connectivity index (χ1) is 12.7. The molecule has 1 aromatic carbocycles. The highest BCUT2D eigenvalue weighted by molar-refractivity contribution is 7.09. The second-order valence-corrected chi connectivity index (χ2v) is 8.56. The third kappa shape index (κ3) is 3.50. The van der Waals surface area contributed by atoms with E-state index in [1.807, 2.05) is 0 Å². The molecule has 1 saturated carbocycles. The Hall–Kier alpha value is -1.88. The zero-order valence-corrected chi connectivity index (χ0v) is 16.7. The van der Waals surface area contributed by atoms with Crippen LogP contribution in [0.25, 0.3) is 0 Å². The van der Waals surface area contributed by atoms with Gasteiger partial charge in [0.2, 0.25) is 0 Å². The molecule has 0 spiro atoms. The van der Waals surface area contributed by atoms with Crippen LogP contribution in [0, 0.1) is 18.8 Å². The van der Waals surface area contributed by atoms with Gasteiger partial charge in [0.05, 0.1) is 17.2 Å². The normalized spacial score (nSPS) is 24.0. The molecule has 4 nitrogen and oxygen atoms in total. The van der Waals surface area contributed by atoms with Crippen molar-refractivity contribution in [1.82, 2.24) is 15.2 Å². The number of fused-ring (bicyclic) bond motifs is 3. The Morgan fingerprint density at radius 3 is 3.00 bits per heavy atom. The van der Waals surface area contributed by atoms with Crippen molar-refractivity contribution in [3.05, 3.63) is 51.5 Å². The van der Waals surface area contributed by atoms with Gasteiger partial charge < -0.3 is 10.2 Å². The van der Waals surface area contributed by atoms with Crippen LogP contribution in [0.15, 0.2) is 34.6 Å². The van der Waals surface area contributed by atoms with Crippen LogP contribution < -0.4 is 5.32 Å². The van der Waals surface area contributed by atoms with Gasteiger partial charge in [-0.3, -0.25) is 4.99 Å². The number of hydrogen-bond acceptors (Lipinski definition) is 3. The van der Waals surface area contributed by atoms with Crippen molar-refractivity contribution in [2.75, 3.05) is 20.1 Å². The third-order valence-corrected chi connectivity index (χ3v) is 6.53. The third-order valence-electron chi connectivity index (χ3n) is 5.71. The van der Waals surface area contributed by atoms with Gasteiger partial charge in [-0.1, -0.05) is 24.3 Å². The summed E-state index contributed by atoms with van der Waals surface area (Å²) in [5.41, 5.74) is 4.26. The SMILES string of the molecule is CCNC(=NCC1C2CCc3ccccc3C21)N(C)Cc1csc(C)n1. The number of thiazole rings is 1. The fraction of sp³-hybridized carbons (Fsp3) is 0.524. The highest BCUT2D eigenvalue weighted by Crippen LogP contribution is 2.59. The van der Waals surface area contributed by atoms with Crippen molar-refractivity contribution in [2.24, 2.45) is 16.8 Å². The first kappa shape index (κ1) is 17.5. The van der Waals surface area contributed by atoms with E-state index < -0.39 is 0 Å². The summed E-state index contributed by atoms with van der Waals surface area (Å²) >= 11 is 1.71. The first-order valence-corrected chi connectivity index (χ1v) is 10.5. The van der Waals surface area contributed by atoms with Crippen LogP contribution in [0.5, 0.6) is 0 Å². The van der Waals surface area contributed by atoms with Gasteiger partial charge in [0.25, 0.3) is 0 Å². The van der Waals surface area contributed by atoms with Gasteiger partial charge in [0.15, 0.2) is 5.96 Å². The lowest BCUT2D eigenvalue weighted by molar-refractivity contribution is 0.469. The molecule has 0 aliphatic heterocycles. The Bertz CT molecular complexity index is 797. The predicted octanol–water partition coefficient (Wildman–Crippen LogP) is 3.82. The van der Waals surface area contributed by atoms with Gasteiger partial charge in [-0.25, -0.2) is 4.98 Å². The highest BCUT2D eigenvalue weighted by Gasteiger charge is 2.52. The van der Waals surface area contributed by atoms with E-state index in [1.54, 1.807) is 22.5 Å². The van der Waals surface area contributed by atoms with Crippen LogP contribution in [-0.4, -0.2) is 36.0 Å². The molecule has 5 heteroatoms. The lowest BCUT2D eigenvalue weighted by atomic mass is 9.92. The zero-order valence-electron chi connectivity index (χ0n) is 15.9. The minimum atomic E-state index is 0.710. The molecular weight excluding hydrogens is 340 g/mol. The van der Waals surface area contributed by atoms with Crippen LogP contribution in [0.4, 0.5) is 0 Å². The van der Waals surface area contributed by atoms with Gasteiger partial charge >= 0.3 is 0 Å². The number of aromatic nitrogens is 1. The van der Waals surface area contributed by atoms with Crippen molar-refractivity contribution in [3.63, 3.8) is 0 Å². The Labute approximate surface area is 160 Å². The maximum Gasteiger partial charge on any atom is 0.194 e. The fourth-order valence-electron chi connectivity index (χ4n) is 4.42. The number of guanidine groups is 1. The quantitative estimate of drug-likeness (QED) is 0.644. The molecule has 3 atom stereocenters. The average Bonchev–Trinajstić information content (AvgIpc) is 3.22. The number of aliphatic imine (C=N–C) groups is 1. The number of nitrogens with zero attached hydrogens (tertiary/aromatic N) is 3. The van der Waals surface area contributed by atoms with Crippen molar-refractivity contribution >= 4 is 17.3 Å². The Balaban J connectivity index is 1.42. The lowest BCUT2D eigenvalue weighted by Crippen LogP contribution is -2.38. The summed E-state index contributed by atoms with van der Waals surface area (Å²) in [6, 6.07) is 9.00. The summed E-state index contributed by atoms with van der Waals surface area (Å²) in [7, 11) is 2.10. The van der Waals surface area contributed by atoms with Crippen molar-refractivity contribution in [2.45, 2.75) is 39.2 Å². The maximum atomic E-state index is 4.98. The predicted molar refractivity (Wildman–Crippen MR) is 109 cm³/mol. The Kier molecular flexibility index (Phi) is 4.98. The maximum absolute atomic E-state index is 4.98. The van der Waals surface area contributed by atoms with E-state index in [0.29, 0.717) is 5.92 Å². The largest absolute Gasteiger partial charge is 0.357 e. The van der Waals surface area contributed by atoms with E-state index in [1.165, 1.54) is 12.8 Å². The lowest BCUT2D eigenvalue weighted by Gasteiger charge is -2.21. The van der Waals surface area contributed by atoms with E-state index >= 15 is 0 Å². The van der Waals surface area contributed by atoms with E-state index in [9.17, 15) is 0 Å². The summed E-state index contributed by atoms with van der Waals surface area (Å²) in [5.74, 6) is 3.28. The molecule has 3 unspecified atom stereocenters. The van der Waals surface area contributed by atoms with E-state index in [-0.39, 0.29) is 0 Å². The number of benzene rings is 1. The van der Waals surface area contributed by atoms with Gasteiger partial charge in [-0.05, 0) is 55.6 Å². The number of rotatable bonds is 5. The fourth-order valence-corrected chi connectivity index (χ4v) is 5.02. The van der Waals surface area contributed by atoms with Gasteiger partial charge in [0, 0.05) is 25.5 Å². The summed E-state index contributed by atoms with van der Waals surface area (Å²) < 4.78 is 0. The van der Waals surface area contributed by atoms with Crippen molar-refractivity contribution < 1.29 is 0 Å². The summed E-state index contributed by atoms with van der Waals surface area (Å²) in [5, 5.41) is 6.71. The van der Waals surface area contributed by atoms with Gasteiger partial charge in [-0.15, -0.1) is 11.3 Å². The van der Waals surface area contributed by atoms with Crippen LogP contribution in [-0.2, 0) is 13.0 Å². The monoisotopic (exact) mass is 368 g/mol. The summed E-state index contributed by atoms with van der Waals surface area (Å²) in [6.07, 6.45) is 2.56. The van der Waals surface area contributed by atoms with Crippen molar-refractivity contribution in [1.29, 1.82) is 0 Å². The molecule has 1 aromatic heterocycles. The number of nitrogens with one attached hydrogen (secondary N) is 1. The molecule has 2 aromatic rings. The second kappa shape index (κ2) is 7.39. The molecule has 0 radical (unpaired) electrons. The van der Waals surface area contributed by atoms with Crippen LogP contribution >= 0.6 is 11.3 Å².